The Hall–Kier alpha value is -2.95. The Kier molecular flexibility index (Phi) is 2.61. The van der Waals surface area contributed by atoms with Gasteiger partial charge in [0.05, 0.1) is 5.69 Å². The van der Waals surface area contributed by atoms with E-state index in [9.17, 15) is 0 Å². The molecule has 0 saturated carbocycles. The van der Waals surface area contributed by atoms with Crippen molar-refractivity contribution in [2.24, 2.45) is 0 Å². The first-order chi connectivity index (χ1) is 11.4. The number of aryl methyl sites for hydroxylation is 1. The molecule has 112 valence electrons. The lowest BCUT2D eigenvalue weighted by Gasteiger charge is -2.03. The summed E-state index contributed by atoms with van der Waals surface area (Å²) >= 11 is 0. The van der Waals surface area contributed by atoms with Crippen LogP contribution in [0.15, 0.2) is 48.9 Å². The second-order valence-electron chi connectivity index (χ2n) is 5.81. The molecule has 0 bridgehead atoms. The highest BCUT2D eigenvalue weighted by molar-refractivity contribution is 5.98. The number of hydrogen-bond donors (Lipinski definition) is 1. The van der Waals surface area contributed by atoms with Gasteiger partial charge >= 0.3 is 0 Å². The molecule has 1 aliphatic rings. The molecule has 0 amide bonds. The molecule has 4 aromatic rings. The number of rotatable bonds is 2. The lowest BCUT2D eigenvalue weighted by molar-refractivity contribution is 0.658. The van der Waals surface area contributed by atoms with Crippen LogP contribution in [0, 0.1) is 0 Å². The van der Waals surface area contributed by atoms with Gasteiger partial charge in [-0.15, -0.1) is 0 Å². The molecular weight excluding hydrogens is 286 g/mol. The summed E-state index contributed by atoms with van der Waals surface area (Å²) in [4.78, 5) is 12.2. The van der Waals surface area contributed by atoms with E-state index >= 15 is 0 Å². The standard InChI is InChI=1S/C18H15N5/c1-2-8-19-14(6-1)17-16(15-7-4-10-23(15)22-17)13-11-21-18-12(13)5-3-9-20-18/h1-3,5-6,8-9,11H,4,7,10H2,(H,20,21). The van der Waals surface area contributed by atoms with Gasteiger partial charge in [-0.1, -0.05) is 6.07 Å². The first-order valence-electron chi connectivity index (χ1n) is 7.85. The van der Waals surface area contributed by atoms with Crippen molar-refractivity contribution in [1.82, 2.24) is 24.7 Å². The number of hydrogen-bond acceptors (Lipinski definition) is 3. The van der Waals surface area contributed by atoms with Crippen LogP contribution in [-0.4, -0.2) is 24.7 Å². The topological polar surface area (TPSA) is 59.4 Å². The van der Waals surface area contributed by atoms with Gasteiger partial charge in [-0.2, -0.15) is 5.10 Å². The lowest BCUT2D eigenvalue weighted by atomic mass is 10.00. The summed E-state index contributed by atoms with van der Waals surface area (Å²) in [5.41, 5.74) is 6.45. The SMILES string of the molecule is c1ccc(-c2nn3c(c2-c2c[nH]c4ncccc24)CCC3)nc1. The highest BCUT2D eigenvalue weighted by atomic mass is 15.3. The van der Waals surface area contributed by atoms with Crippen LogP contribution in [0.4, 0.5) is 0 Å². The fraction of sp³-hybridized carbons (Fsp3) is 0.167. The van der Waals surface area contributed by atoms with Crippen molar-refractivity contribution in [3.8, 4) is 22.5 Å². The molecule has 5 rings (SSSR count). The van der Waals surface area contributed by atoms with Crippen LogP contribution in [0.5, 0.6) is 0 Å². The highest BCUT2D eigenvalue weighted by Gasteiger charge is 2.25. The maximum absolute atomic E-state index is 4.84. The van der Waals surface area contributed by atoms with Gasteiger partial charge < -0.3 is 4.98 Å². The average molecular weight is 301 g/mol. The molecule has 0 aliphatic carbocycles. The Labute approximate surface area is 133 Å². The van der Waals surface area contributed by atoms with Crippen LogP contribution in [0.25, 0.3) is 33.5 Å². The fourth-order valence-corrected chi connectivity index (χ4v) is 3.46. The van der Waals surface area contributed by atoms with Crippen molar-refractivity contribution in [2.75, 3.05) is 0 Å². The maximum Gasteiger partial charge on any atom is 0.137 e. The Morgan fingerprint density at radius 1 is 1.04 bits per heavy atom. The van der Waals surface area contributed by atoms with E-state index in [1.165, 1.54) is 11.3 Å². The zero-order valence-corrected chi connectivity index (χ0v) is 12.5. The number of pyridine rings is 2. The minimum atomic E-state index is 0.910. The van der Waals surface area contributed by atoms with Gasteiger partial charge in [0.15, 0.2) is 0 Å². The minimum absolute atomic E-state index is 0.910. The summed E-state index contributed by atoms with van der Waals surface area (Å²) in [6.45, 7) is 0.982. The van der Waals surface area contributed by atoms with E-state index in [2.05, 4.69) is 25.7 Å². The zero-order chi connectivity index (χ0) is 15.2. The predicted octanol–water partition coefficient (Wildman–Crippen LogP) is 3.43. The van der Waals surface area contributed by atoms with Gasteiger partial charge in [-0.05, 0) is 37.1 Å². The summed E-state index contributed by atoms with van der Waals surface area (Å²) in [6, 6.07) is 10.0. The van der Waals surface area contributed by atoms with Crippen molar-refractivity contribution < 1.29 is 0 Å². The third-order valence-electron chi connectivity index (χ3n) is 4.47. The first kappa shape index (κ1) is 12.6. The van der Waals surface area contributed by atoms with E-state index < -0.39 is 0 Å². The van der Waals surface area contributed by atoms with Crippen LogP contribution >= 0.6 is 0 Å². The summed E-state index contributed by atoms with van der Waals surface area (Å²) in [6.07, 6.45) is 7.88. The number of H-pyrrole nitrogens is 1. The van der Waals surface area contributed by atoms with Gasteiger partial charge in [0.2, 0.25) is 0 Å². The summed E-state index contributed by atoms with van der Waals surface area (Å²) in [5, 5.41) is 5.98. The monoisotopic (exact) mass is 301 g/mol. The van der Waals surface area contributed by atoms with Crippen LogP contribution in [0.1, 0.15) is 12.1 Å². The lowest BCUT2D eigenvalue weighted by Crippen LogP contribution is -1.94. The Bertz CT molecular complexity index is 997. The molecule has 1 aliphatic heterocycles. The van der Waals surface area contributed by atoms with Crippen molar-refractivity contribution in [2.45, 2.75) is 19.4 Å². The van der Waals surface area contributed by atoms with E-state index in [1.807, 2.05) is 42.9 Å². The van der Waals surface area contributed by atoms with E-state index in [-0.39, 0.29) is 0 Å². The summed E-state index contributed by atoms with van der Waals surface area (Å²) < 4.78 is 2.13. The van der Waals surface area contributed by atoms with Gasteiger partial charge in [-0.25, -0.2) is 4.98 Å². The van der Waals surface area contributed by atoms with E-state index in [0.717, 1.165) is 47.4 Å². The third kappa shape index (κ3) is 1.83. The van der Waals surface area contributed by atoms with Gasteiger partial charge in [0, 0.05) is 47.3 Å². The molecule has 0 fully saturated rings. The number of nitrogens with zero attached hydrogens (tertiary/aromatic N) is 4. The Morgan fingerprint density at radius 2 is 2.00 bits per heavy atom. The number of aromatic amines is 1. The Morgan fingerprint density at radius 3 is 2.91 bits per heavy atom. The molecule has 0 aromatic carbocycles. The maximum atomic E-state index is 4.84. The van der Waals surface area contributed by atoms with E-state index in [4.69, 9.17) is 5.10 Å². The zero-order valence-electron chi connectivity index (χ0n) is 12.5. The van der Waals surface area contributed by atoms with Gasteiger partial charge in [-0.3, -0.25) is 9.67 Å². The summed E-state index contributed by atoms with van der Waals surface area (Å²) in [7, 11) is 0. The molecule has 5 nitrogen and oxygen atoms in total. The number of fused-ring (bicyclic) bond motifs is 2. The summed E-state index contributed by atoms with van der Waals surface area (Å²) in [5.74, 6) is 0. The van der Waals surface area contributed by atoms with Crippen molar-refractivity contribution in [3.05, 3.63) is 54.6 Å². The van der Waals surface area contributed by atoms with Crippen molar-refractivity contribution in [1.29, 1.82) is 0 Å². The molecule has 0 saturated heterocycles. The molecule has 0 spiro atoms. The predicted molar refractivity (Wildman–Crippen MR) is 88.9 cm³/mol. The minimum Gasteiger partial charge on any atom is -0.346 e. The Balaban J connectivity index is 1.82. The average Bonchev–Trinajstić information content (AvgIpc) is 3.29. The van der Waals surface area contributed by atoms with Gasteiger partial charge in [0.1, 0.15) is 11.3 Å². The van der Waals surface area contributed by atoms with Crippen LogP contribution in [0.2, 0.25) is 0 Å². The largest absolute Gasteiger partial charge is 0.346 e. The second-order valence-corrected chi connectivity index (χ2v) is 5.81. The van der Waals surface area contributed by atoms with Gasteiger partial charge in [0.25, 0.3) is 0 Å². The smallest absolute Gasteiger partial charge is 0.137 e. The molecule has 5 heteroatoms. The van der Waals surface area contributed by atoms with Crippen LogP contribution in [-0.2, 0) is 13.0 Å². The molecule has 4 aromatic heterocycles. The third-order valence-corrected chi connectivity index (χ3v) is 4.47. The fourth-order valence-electron chi connectivity index (χ4n) is 3.46. The molecule has 1 N–H and O–H groups in total. The quantitative estimate of drug-likeness (QED) is 0.617. The molecule has 23 heavy (non-hydrogen) atoms. The highest BCUT2D eigenvalue weighted by Crippen LogP contribution is 2.39. The number of nitrogens with one attached hydrogen (secondary N) is 1. The molecular formula is C18H15N5. The van der Waals surface area contributed by atoms with Crippen LogP contribution < -0.4 is 0 Å². The van der Waals surface area contributed by atoms with E-state index in [1.54, 1.807) is 0 Å². The van der Waals surface area contributed by atoms with Crippen molar-refractivity contribution >= 4 is 11.0 Å². The van der Waals surface area contributed by atoms with E-state index in [0.29, 0.717) is 0 Å². The first-order valence-corrected chi connectivity index (χ1v) is 7.85. The second kappa shape index (κ2) is 4.78. The molecule has 5 heterocycles. The molecule has 0 atom stereocenters. The molecule has 0 radical (unpaired) electrons. The van der Waals surface area contributed by atoms with Crippen molar-refractivity contribution in [3.63, 3.8) is 0 Å². The number of aromatic nitrogens is 5. The normalized spacial score (nSPS) is 13.6. The molecule has 0 unspecified atom stereocenters. The van der Waals surface area contributed by atoms with Crippen LogP contribution in [0.3, 0.4) is 0 Å².